The lowest BCUT2D eigenvalue weighted by Crippen LogP contribution is -2.36. The van der Waals surface area contributed by atoms with Crippen LogP contribution >= 0.6 is 0 Å². The van der Waals surface area contributed by atoms with Crippen LogP contribution < -0.4 is 5.11 Å². The molecule has 0 amide bonds. The predicted octanol–water partition coefficient (Wildman–Crippen LogP) is 0.549. The first kappa shape index (κ1) is 8.92. The van der Waals surface area contributed by atoms with Crippen LogP contribution in [0.5, 0.6) is 0 Å². The summed E-state index contributed by atoms with van der Waals surface area (Å²) in [6.45, 7) is 7.28. The van der Waals surface area contributed by atoms with Gasteiger partial charge in [0.05, 0.1) is 6.10 Å². The summed E-state index contributed by atoms with van der Waals surface area (Å²) in [6, 6.07) is 0. The molecule has 0 aromatic heterocycles. The van der Waals surface area contributed by atoms with Crippen molar-refractivity contribution in [1.29, 1.82) is 0 Å². The lowest BCUT2D eigenvalue weighted by atomic mass is 10.2. The van der Waals surface area contributed by atoms with Gasteiger partial charge in [-0.05, 0) is 20.8 Å². The highest BCUT2D eigenvalue weighted by atomic mass is 16.5. The van der Waals surface area contributed by atoms with Crippen LogP contribution in [0.1, 0.15) is 27.7 Å². The molecule has 0 aliphatic rings. The number of hydrogen-bond donors (Lipinski definition) is 0. The van der Waals surface area contributed by atoms with Gasteiger partial charge < -0.3 is 9.84 Å². The molecule has 0 radical (unpaired) electrons. The maximum atomic E-state index is 10.6. The number of rotatable bonds is 3. The minimum absolute atomic E-state index is 0.162. The summed E-state index contributed by atoms with van der Waals surface area (Å²) in [5, 5.41) is 10.6. The average Bonchev–Trinajstić information content (AvgIpc) is 1.63. The fourth-order valence-electron chi connectivity index (χ4n) is 0.540. The van der Waals surface area contributed by atoms with E-state index in [0.29, 0.717) is 0 Å². The second kappa shape index (κ2) is 3.85. The Morgan fingerprint density at radius 3 is 1.67 bits per heavy atom. The maximum Gasteiger partial charge on any atom is 0.0521 e. The molecule has 0 bridgehead atoms. The molecule has 0 aliphatic heterocycles. The van der Waals surface area contributed by atoms with E-state index in [0.717, 1.165) is 0 Å². The van der Waals surface area contributed by atoms with E-state index in [2.05, 4.69) is 0 Å². The van der Waals surface area contributed by atoms with Crippen LogP contribution in [0.25, 0.3) is 0 Å². The maximum absolute atomic E-state index is 10.6. The van der Waals surface area contributed by atoms with Crippen molar-refractivity contribution in [1.82, 2.24) is 0 Å². The Hall–Kier alpha value is -0.0800. The fraction of sp³-hybridized carbons (Fsp3) is 1.00. The van der Waals surface area contributed by atoms with Crippen molar-refractivity contribution in [2.24, 2.45) is 0 Å². The first-order valence-corrected chi connectivity index (χ1v) is 3.35. The largest absolute Gasteiger partial charge is 0.850 e. The zero-order valence-corrected chi connectivity index (χ0v) is 6.55. The third kappa shape index (κ3) is 4.43. The molecule has 0 rings (SSSR count). The highest BCUT2D eigenvalue weighted by molar-refractivity contribution is 4.56. The Morgan fingerprint density at radius 2 is 1.56 bits per heavy atom. The smallest absolute Gasteiger partial charge is 0.0521 e. The molecule has 2 nitrogen and oxygen atoms in total. The van der Waals surface area contributed by atoms with E-state index in [1.807, 2.05) is 13.8 Å². The van der Waals surface area contributed by atoms with Crippen LogP contribution in [0, 0.1) is 0 Å². The van der Waals surface area contributed by atoms with E-state index in [1.54, 1.807) is 13.8 Å². The topological polar surface area (TPSA) is 32.3 Å². The Bertz CT molecular complexity index is 69.3. The Balaban J connectivity index is 3.38. The van der Waals surface area contributed by atoms with Gasteiger partial charge in [-0.25, -0.2) is 0 Å². The first-order chi connectivity index (χ1) is 4.04. The van der Waals surface area contributed by atoms with Crippen molar-refractivity contribution < 1.29 is 9.84 Å². The molecule has 0 fully saturated rings. The predicted molar refractivity (Wildman–Crippen MR) is 35.1 cm³/mol. The van der Waals surface area contributed by atoms with Crippen LogP contribution in [0.3, 0.4) is 0 Å². The molecule has 0 saturated heterocycles. The molecule has 0 aromatic rings. The van der Waals surface area contributed by atoms with E-state index in [-0.39, 0.29) is 12.2 Å². The van der Waals surface area contributed by atoms with E-state index < -0.39 is 6.10 Å². The molecule has 0 aliphatic carbocycles. The summed E-state index contributed by atoms with van der Waals surface area (Å²) < 4.78 is 5.20. The lowest BCUT2D eigenvalue weighted by molar-refractivity contribution is -0.433. The highest BCUT2D eigenvalue weighted by Crippen LogP contribution is 1.98. The molecular weight excluding hydrogens is 116 g/mol. The average molecular weight is 131 g/mol. The Morgan fingerprint density at radius 1 is 1.11 bits per heavy atom. The summed E-state index contributed by atoms with van der Waals surface area (Å²) in [5.41, 5.74) is 0. The van der Waals surface area contributed by atoms with Gasteiger partial charge >= 0.3 is 0 Å². The molecule has 56 valence electrons. The van der Waals surface area contributed by atoms with E-state index in [4.69, 9.17) is 4.74 Å². The molecule has 0 saturated carbocycles. The molecule has 2 heteroatoms. The quantitative estimate of drug-likeness (QED) is 0.560. The van der Waals surface area contributed by atoms with E-state index in [1.165, 1.54) is 0 Å². The summed E-state index contributed by atoms with van der Waals surface area (Å²) in [4.78, 5) is 0. The van der Waals surface area contributed by atoms with Gasteiger partial charge in [-0.3, -0.25) is 0 Å². The van der Waals surface area contributed by atoms with Crippen molar-refractivity contribution in [2.75, 3.05) is 0 Å². The SMILES string of the molecule is CC(C)O[C@H](C)[C@@H](C)[O-]. The van der Waals surface area contributed by atoms with Gasteiger partial charge in [0.15, 0.2) is 0 Å². The van der Waals surface area contributed by atoms with Gasteiger partial charge in [0.2, 0.25) is 0 Å². The van der Waals surface area contributed by atoms with Crippen LogP contribution in [-0.4, -0.2) is 18.3 Å². The monoisotopic (exact) mass is 131 g/mol. The fourth-order valence-corrected chi connectivity index (χ4v) is 0.540. The van der Waals surface area contributed by atoms with Gasteiger partial charge in [0.25, 0.3) is 0 Å². The third-order valence-corrected chi connectivity index (χ3v) is 1.15. The van der Waals surface area contributed by atoms with Crippen LogP contribution in [0.15, 0.2) is 0 Å². The summed E-state index contributed by atoms with van der Waals surface area (Å²) in [7, 11) is 0. The van der Waals surface area contributed by atoms with Gasteiger partial charge in [0.1, 0.15) is 0 Å². The second-order valence-corrected chi connectivity index (χ2v) is 2.60. The molecule has 0 unspecified atom stereocenters. The molecule has 9 heavy (non-hydrogen) atoms. The molecule has 2 atom stereocenters. The Labute approximate surface area is 56.8 Å². The summed E-state index contributed by atoms with van der Waals surface area (Å²) in [6.07, 6.45) is -0.617. The Kier molecular flexibility index (Phi) is 3.82. The van der Waals surface area contributed by atoms with Crippen molar-refractivity contribution in [3.8, 4) is 0 Å². The van der Waals surface area contributed by atoms with Gasteiger partial charge in [-0.1, -0.05) is 6.92 Å². The van der Waals surface area contributed by atoms with Crippen LogP contribution in [0.2, 0.25) is 0 Å². The van der Waals surface area contributed by atoms with Gasteiger partial charge in [0, 0.05) is 6.10 Å². The molecule has 0 spiro atoms. The molecular formula is C7H15O2-. The molecule has 0 heterocycles. The number of hydrogen-bond acceptors (Lipinski definition) is 2. The zero-order chi connectivity index (χ0) is 7.44. The third-order valence-electron chi connectivity index (χ3n) is 1.15. The van der Waals surface area contributed by atoms with Crippen molar-refractivity contribution in [3.63, 3.8) is 0 Å². The normalized spacial score (nSPS) is 18.0. The van der Waals surface area contributed by atoms with Crippen LogP contribution in [0.4, 0.5) is 0 Å². The van der Waals surface area contributed by atoms with Gasteiger partial charge in [-0.2, -0.15) is 0 Å². The van der Waals surface area contributed by atoms with Crippen LogP contribution in [-0.2, 0) is 4.74 Å². The molecule has 0 N–H and O–H groups in total. The van der Waals surface area contributed by atoms with Crippen molar-refractivity contribution in [2.45, 2.75) is 46.0 Å². The lowest BCUT2D eigenvalue weighted by Gasteiger charge is -2.26. The van der Waals surface area contributed by atoms with Crippen molar-refractivity contribution in [3.05, 3.63) is 0 Å². The van der Waals surface area contributed by atoms with E-state index >= 15 is 0 Å². The minimum atomic E-state index is -0.618. The number of ether oxygens (including phenoxy) is 1. The molecule has 0 aromatic carbocycles. The minimum Gasteiger partial charge on any atom is -0.850 e. The highest BCUT2D eigenvalue weighted by Gasteiger charge is 2.02. The zero-order valence-electron chi connectivity index (χ0n) is 6.55. The van der Waals surface area contributed by atoms with E-state index in [9.17, 15) is 5.11 Å². The van der Waals surface area contributed by atoms with Gasteiger partial charge in [-0.15, -0.1) is 6.10 Å². The van der Waals surface area contributed by atoms with Crippen molar-refractivity contribution >= 4 is 0 Å². The second-order valence-electron chi connectivity index (χ2n) is 2.60. The summed E-state index contributed by atoms with van der Waals surface area (Å²) >= 11 is 0. The first-order valence-electron chi connectivity index (χ1n) is 3.35. The standard InChI is InChI=1S/C7H15O2/c1-5(2)9-7(4)6(3)8/h5-7H,1-4H3/q-1/t6-,7-/m1/s1. The summed E-state index contributed by atoms with van der Waals surface area (Å²) in [5.74, 6) is 0.